The number of carbonyl (C=O) groups is 5. The van der Waals surface area contributed by atoms with Gasteiger partial charge in [0, 0.05) is 65.0 Å². The molecule has 4 heterocycles. The zero-order chi connectivity index (χ0) is 44.6. The van der Waals surface area contributed by atoms with Crippen LogP contribution in [-0.4, -0.2) is 126 Å². The van der Waals surface area contributed by atoms with Crippen molar-refractivity contribution in [3.63, 3.8) is 0 Å². The third kappa shape index (κ3) is 13.0. The van der Waals surface area contributed by atoms with E-state index in [1.165, 1.54) is 13.8 Å². The summed E-state index contributed by atoms with van der Waals surface area (Å²) in [6.45, 7) is 20.7. The minimum Gasteiger partial charge on any atom is -0.463 e. The molecule has 0 saturated carbocycles. The molecule has 61 heavy (non-hydrogen) atoms. The Morgan fingerprint density at radius 3 is 2.16 bits per heavy atom. The maximum Gasteiger partial charge on any atom is 0.410 e. The lowest BCUT2D eigenvalue weighted by molar-refractivity contribution is -0.289. The number of aromatic nitrogens is 2. The van der Waals surface area contributed by atoms with E-state index < -0.39 is 60.2 Å². The molecule has 3 aliphatic heterocycles. The SMILES string of the molecule is CC(=O)OC[C@H]1O[C@@H](Oc2n[nH]c(C(C)C)c2Cc2ccc(/C=C/CCN3CCC4(CC3)CCN(C(=O)OC(C)(C)C)C4)cc2C)[C@H](OC(C)=O)[C@@H](OC(C)=O)[C@@H]1OC(C)=O. The number of esters is 4. The van der Waals surface area contributed by atoms with Gasteiger partial charge in [-0.25, -0.2) is 4.79 Å². The molecule has 1 aromatic carbocycles. The fraction of sp³-hybridized carbons (Fsp3) is 0.644. The van der Waals surface area contributed by atoms with Gasteiger partial charge < -0.3 is 43.0 Å². The number of nitrogens with one attached hydrogen (secondary N) is 1. The largest absolute Gasteiger partial charge is 0.463 e. The Labute approximate surface area is 358 Å². The Bertz CT molecular complexity index is 1910. The van der Waals surface area contributed by atoms with Crippen molar-refractivity contribution in [1.82, 2.24) is 20.0 Å². The zero-order valence-electron chi connectivity index (χ0n) is 37.4. The van der Waals surface area contributed by atoms with E-state index in [0.717, 1.165) is 100 Å². The lowest BCUT2D eigenvalue weighted by Crippen LogP contribution is -2.63. The molecule has 0 radical (unpaired) electrons. The van der Waals surface area contributed by atoms with Gasteiger partial charge in [-0.15, -0.1) is 5.10 Å². The van der Waals surface area contributed by atoms with E-state index in [2.05, 4.69) is 52.4 Å². The van der Waals surface area contributed by atoms with E-state index in [-0.39, 0.29) is 29.9 Å². The third-order valence-corrected chi connectivity index (χ3v) is 11.3. The van der Waals surface area contributed by atoms with Gasteiger partial charge in [0.2, 0.25) is 18.3 Å². The Kier molecular flexibility index (Phi) is 15.7. The summed E-state index contributed by atoms with van der Waals surface area (Å²) in [6.07, 6.45) is 2.07. The third-order valence-electron chi connectivity index (χ3n) is 11.3. The first-order chi connectivity index (χ1) is 28.7. The average Bonchev–Trinajstić information content (AvgIpc) is 3.76. The first kappa shape index (κ1) is 47.1. The number of hydrogen-bond donors (Lipinski definition) is 1. The van der Waals surface area contributed by atoms with Gasteiger partial charge in [0.05, 0.1) is 0 Å². The fourth-order valence-electron chi connectivity index (χ4n) is 8.27. The Hall–Kier alpha value is -4.96. The summed E-state index contributed by atoms with van der Waals surface area (Å²) < 4.78 is 40.1. The molecule has 5 atom stereocenters. The van der Waals surface area contributed by atoms with E-state index in [4.69, 9.17) is 33.2 Å². The highest BCUT2D eigenvalue weighted by Gasteiger charge is 2.54. The van der Waals surface area contributed by atoms with Crippen LogP contribution in [-0.2, 0) is 54.0 Å². The van der Waals surface area contributed by atoms with Crippen LogP contribution in [0, 0.1) is 12.3 Å². The normalized spacial score (nSPS) is 22.9. The van der Waals surface area contributed by atoms with Crippen LogP contribution >= 0.6 is 0 Å². The van der Waals surface area contributed by atoms with Crippen LogP contribution in [0.3, 0.4) is 0 Å². The van der Waals surface area contributed by atoms with Crippen molar-refractivity contribution in [2.24, 2.45) is 5.41 Å². The van der Waals surface area contributed by atoms with Gasteiger partial charge in [-0.3, -0.25) is 24.3 Å². The fourth-order valence-corrected chi connectivity index (χ4v) is 8.27. The smallest absolute Gasteiger partial charge is 0.410 e. The molecule has 16 nitrogen and oxygen atoms in total. The molecule has 0 unspecified atom stereocenters. The first-order valence-electron chi connectivity index (χ1n) is 21.2. The molecule has 1 spiro atoms. The average molecular weight is 853 g/mol. The lowest BCUT2D eigenvalue weighted by Gasteiger charge is -2.43. The molecule has 2 aromatic rings. The number of carbonyl (C=O) groups excluding carboxylic acids is 5. The van der Waals surface area contributed by atoms with Gasteiger partial charge >= 0.3 is 30.0 Å². The number of rotatable bonds is 14. The summed E-state index contributed by atoms with van der Waals surface area (Å²) in [5.41, 5.74) is 4.44. The van der Waals surface area contributed by atoms with E-state index in [0.29, 0.717) is 6.42 Å². The molecular weight excluding hydrogens is 789 g/mol. The molecule has 336 valence electrons. The zero-order valence-corrected chi connectivity index (χ0v) is 37.4. The first-order valence-corrected chi connectivity index (χ1v) is 21.2. The molecular formula is C45H64N4O12. The quantitative estimate of drug-likeness (QED) is 0.172. The summed E-state index contributed by atoms with van der Waals surface area (Å²) >= 11 is 0. The van der Waals surface area contributed by atoms with E-state index in [1.807, 2.05) is 39.5 Å². The van der Waals surface area contributed by atoms with Crippen molar-refractivity contribution in [1.29, 1.82) is 0 Å². The molecule has 3 aliphatic rings. The number of benzene rings is 1. The van der Waals surface area contributed by atoms with Crippen LogP contribution in [0.1, 0.15) is 122 Å². The summed E-state index contributed by atoms with van der Waals surface area (Å²) in [7, 11) is 0. The lowest BCUT2D eigenvalue weighted by atomic mass is 9.78. The molecule has 0 aliphatic carbocycles. The van der Waals surface area contributed by atoms with Crippen molar-refractivity contribution in [2.45, 2.75) is 144 Å². The van der Waals surface area contributed by atoms with E-state index in [1.54, 1.807) is 0 Å². The van der Waals surface area contributed by atoms with Crippen LogP contribution in [0.5, 0.6) is 5.88 Å². The molecule has 3 saturated heterocycles. The standard InChI is InChI=1S/C45H64N4O12/c1-27(2)37-35(41(47-46-37)60-42-40(58-32(7)53)39(57-31(6)52)38(56-30(5)51)36(59-42)25-55-29(4)50)24-34-15-14-33(23-28(34)3)13-11-12-19-48-20-16-45(17-21-48)18-22-49(26-45)43(54)61-44(8,9)10/h11,13-15,23,27,36,38-40,42H,12,16-22,24-26H2,1-10H3,(H,46,47)/b13-11+/t36-,38-,39+,40-,42+/m1/s1. The van der Waals surface area contributed by atoms with Crippen LogP contribution in [0.25, 0.3) is 6.08 Å². The number of nitrogens with zero attached hydrogens (tertiary/aromatic N) is 3. The predicted molar refractivity (Wildman–Crippen MR) is 223 cm³/mol. The monoisotopic (exact) mass is 852 g/mol. The number of piperidine rings is 1. The predicted octanol–water partition coefficient (Wildman–Crippen LogP) is 6.02. The summed E-state index contributed by atoms with van der Waals surface area (Å²) in [4.78, 5) is 65.7. The molecule has 5 rings (SSSR count). The minimum atomic E-state index is -1.42. The van der Waals surface area contributed by atoms with Crippen LogP contribution in [0.2, 0.25) is 0 Å². The highest BCUT2D eigenvalue weighted by molar-refractivity contribution is 5.69. The highest BCUT2D eigenvalue weighted by Crippen LogP contribution is 2.41. The second-order valence-corrected chi connectivity index (χ2v) is 17.8. The molecule has 1 N–H and O–H groups in total. The van der Waals surface area contributed by atoms with Crippen molar-refractivity contribution in [3.05, 3.63) is 52.2 Å². The second kappa shape index (κ2) is 20.3. The Balaban J connectivity index is 1.25. The van der Waals surface area contributed by atoms with Crippen molar-refractivity contribution in [3.8, 4) is 5.88 Å². The Morgan fingerprint density at radius 2 is 1.56 bits per heavy atom. The minimum absolute atomic E-state index is 0.0216. The van der Waals surface area contributed by atoms with Gasteiger partial charge in [0.1, 0.15) is 18.3 Å². The van der Waals surface area contributed by atoms with E-state index in [9.17, 15) is 24.0 Å². The maximum atomic E-state index is 12.6. The van der Waals surface area contributed by atoms with Crippen LogP contribution < -0.4 is 4.74 Å². The second-order valence-electron chi connectivity index (χ2n) is 17.8. The number of likely N-dealkylation sites (tertiary alicyclic amines) is 2. The Morgan fingerprint density at radius 1 is 0.918 bits per heavy atom. The van der Waals surface area contributed by atoms with Crippen molar-refractivity contribution >= 4 is 36.0 Å². The van der Waals surface area contributed by atoms with Gasteiger partial charge in [0.25, 0.3) is 0 Å². The molecule has 1 aromatic heterocycles. The number of aryl methyl sites for hydroxylation is 1. The highest BCUT2D eigenvalue weighted by atomic mass is 16.7. The summed E-state index contributed by atoms with van der Waals surface area (Å²) in [6, 6.07) is 6.30. The summed E-state index contributed by atoms with van der Waals surface area (Å²) in [5.74, 6) is -2.62. The number of aromatic amines is 1. The van der Waals surface area contributed by atoms with Crippen molar-refractivity contribution < 1.29 is 57.1 Å². The topological polar surface area (TPSA) is 185 Å². The molecule has 3 fully saturated rings. The molecule has 1 amide bonds. The van der Waals surface area contributed by atoms with Crippen molar-refractivity contribution in [2.75, 3.05) is 39.3 Å². The number of ether oxygens (including phenoxy) is 7. The van der Waals surface area contributed by atoms with Gasteiger partial charge in [0.15, 0.2) is 12.2 Å². The number of hydrogen-bond acceptors (Lipinski definition) is 14. The molecule has 0 bridgehead atoms. The summed E-state index contributed by atoms with van der Waals surface area (Å²) in [5, 5.41) is 7.58. The number of H-pyrrole nitrogens is 1. The molecule has 16 heteroatoms. The van der Waals surface area contributed by atoms with E-state index >= 15 is 0 Å². The van der Waals surface area contributed by atoms with Gasteiger partial charge in [-0.2, -0.15) is 0 Å². The van der Waals surface area contributed by atoms with Gasteiger partial charge in [-0.05, 0) is 94.5 Å². The maximum absolute atomic E-state index is 12.6. The van der Waals surface area contributed by atoms with Gasteiger partial charge in [-0.1, -0.05) is 44.2 Å². The van der Waals surface area contributed by atoms with Crippen LogP contribution in [0.15, 0.2) is 24.3 Å². The number of amides is 1. The van der Waals surface area contributed by atoms with Crippen LogP contribution in [0.4, 0.5) is 4.79 Å².